The predicted molar refractivity (Wildman–Crippen MR) is 46.5 cm³/mol. The number of hydrogen-bond donors (Lipinski definition) is 0. The maximum atomic E-state index is 11.0. The topological polar surface area (TPSA) is 43.4 Å². The Hall–Kier alpha value is -1.38. The summed E-state index contributed by atoms with van der Waals surface area (Å²) in [5, 5.41) is 0. The molecule has 0 spiro atoms. The van der Waals surface area contributed by atoms with Crippen LogP contribution >= 0.6 is 0 Å². The quantitative estimate of drug-likeness (QED) is 0.487. The van der Waals surface area contributed by atoms with Gasteiger partial charge >= 0.3 is 0 Å². The summed E-state index contributed by atoms with van der Waals surface area (Å²) in [5.74, 6) is 0.0811. The Bertz CT molecular complexity index is 369. The van der Waals surface area contributed by atoms with E-state index in [9.17, 15) is 9.59 Å². The van der Waals surface area contributed by atoms with Crippen LogP contribution in [0.4, 0.5) is 0 Å². The van der Waals surface area contributed by atoms with Gasteiger partial charge in [-0.05, 0) is 0 Å². The minimum atomic E-state index is -0.527. The van der Waals surface area contributed by atoms with Crippen molar-refractivity contribution < 1.29 is 4.74 Å². The van der Waals surface area contributed by atoms with Crippen molar-refractivity contribution in [1.29, 1.82) is 0 Å². The fourth-order valence-corrected chi connectivity index (χ4v) is 1.12. The fraction of sp³-hybridized carbons (Fsp3) is 0.333. The lowest BCUT2D eigenvalue weighted by atomic mass is 9.96. The average molecular weight is 166 g/mol. The molecular formula is C9H10O3. The molecule has 3 heteroatoms. The first-order chi connectivity index (χ1) is 5.63. The van der Waals surface area contributed by atoms with Crippen molar-refractivity contribution in [2.45, 2.75) is 12.8 Å². The van der Waals surface area contributed by atoms with Gasteiger partial charge in [-0.25, -0.2) is 0 Å². The maximum Gasteiger partial charge on any atom is 0.268 e. The highest BCUT2D eigenvalue weighted by Crippen LogP contribution is 2.21. The van der Waals surface area contributed by atoms with Crippen molar-refractivity contribution in [2.24, 2.45) is 0 Å². The SMILES string of the molecule is C=CC(C)c1c(OC)c(=O)c1=O. The Morgan fingerprint density at radius 1 is 1.42 bits per heavy atom. The number of allylic oxidation sites excluding steroid dienone is 1. The number of ether oxygens (including phenoxy) is 1. The zero-order valence-corrected chi connectivity index (χ0v) is 7.09. The number of rotatable bonds is 3. The highest BCUT2D eigenvalue weighted by Gasteiger charge is 2.24. The predicted octanol–water partition coefficient (Wildman–Crippen LogP) is 0.581. The number of hydrogen-bond acceptors (Lipinski definition) is 3. The zero-order chi connectivity index (χ0) is 9.30. The largest absolute Gasteiger partial charge is 0.492 e. The van der Waals surface area contributed by atoms with Gasteiger partial charge in [0.1, 0.15) is 0 Å². The van der Waals surface area contributed by atoms with Gasteiger partial charge in [-0.3, -0.25) is 9.59 Å². The summed E-state index contributed by atoms with van der Waals surface area (Å²) >= 11 is 0. The molecule has 12 heavy (non-hydrogen) atoms. The van der Waals surface area contributed by atoms with Crippen LogP contribution in [0, 0.1) is 0 Å². The zero-order valence-electron chi connectivity index (χ0n) is 7.09. The minimum absolute atomic E-state index is 0.106. The van der Waals surface area contributed by atoms with Crippen LogP contribution in [0.5, 0.6) is 5.75 Å². The van der Waals surface area contributed by atoms with E-state index >= 15 is 0 Å². The third kappa shape index (κ3) is 0.978. The molecule has 0 aliphatic rings. The van der Waals surface area contributed by atoms with Gasteiger partial charge in [-0.15, -0.1) is 6.58 Å². The van der Waals surface area contributed by atoms with Gasteiger partial charge in [0.15, 0.2) is 5.75 Å². The maximum absolute atomic E-state index is 11.0. The van der Waals surface area contributed by atoms with Crippen LogP contribution in [0.1, 0.15) is 18.4 Å². The van der Waals surface area contributed by atoms with E-state index < -0.39 is 10.9 Å². The molecular weight excluding hydrogens is 156 g/mol. The molecule has 0 heterocycles. The first kappa shape index (κ1) is 8.71. The van der Waals surface area contributed by atoms with E-state index in [1.807, 2.05) is 0 Å². The van der Waals surface area contributed by atoms with Crippen LogP contribution in [-0.2, 0) is 0 Å². The lowest BCUT2D eigenvalue weighted by molar-refractivity contribution is 0.397. The Labute approximate surface area is 70.0 Å². The van der Waals surface area contributed by atoms with Crippen LogP contribution < -0.4 is 15.6 Å². The third-order valence-electron chi connectivity index (χ3n) is 1.91. The molecule has 0 radical (unpaired) electrons. The fourth-order valence-electron chi connectivity index (χ4n) is 1.12. The summed E-state index contributed by atoms with van der Waals surface area (Å²) < 4.78 is 4.77. The van der Waals surface area contributed by atoms with E-state index in [1.54, 1.807) is 13.0 Å². The Balaban J connectivity index is 3.18. The average Bonchev–Trinajstić information content (AvgIpc) is 2.11. The molecule has 0 N–H and O–H groups in total. The standard InChI is InChI=1S/C9H10O3/c1-4-5(2)6-7(10)8(11)9(6)12-3/h4-5H,1H2,2-3H3. The molecule has 0 aliphatic carbocycles. The molecule has 0 amide bonds. The van der Waals surface area contributed by atoms with Gasteiger partial charge in [0.2, 0.25) is 5.43 Å². The molecule has 1 atom stereocenters. The smallest absolute Gasteiger partial charge is 0.268 e. The second-order valence-electron chi connectivity index (χ2n) is 2.63. The molecule has 1 rings (SSSR count). The van der Waals surface area contributed by atoms with Crippen LogP contribution in [0.15, 0.2) is 22.2 Å². The number of methoxy groups -OCH3 is 1. The summed E-state index contributed by atoms with van der Waals surface area (Å²) in [5.41, 5.74) is -0.530. The van der Waals surface area contributed by atoms with Gasteiger partial charge in [0.25, 0.3) is 5.43 Å². The summed E-state index contributed by atoms with van der Waals surface area (Å²) in [7, 11) is 1.38. The van der Waals surface area contributed by atoms with Gasteiger partial charge in [-0.1, -0.05) is 13.0 Å². The van der Waals surface area contributed by atoms with Crippen molar-refractivity contribution in [3.05, 3.63) is 38.7 Å². The Kier molecular flexibility index (Phi) is 2.13. The normalized spacial score (nSPS) is 12.8. The summed E-state index contributed by atoms with van der Waals surface area (Å²) in [6.45, 7) is 5.34. The second kappa shape index (κ2) is 2.93. The molecule has 1 aromatic carbocycles. The molecule has 0 saturated carbocycles. The van der Waals surface area contributed by atoms with Gasteiger partial charge in [-0.2, -0.15) is 0 Å². The molecule has 0 aromatic heterocycles. The van der Waals surface area contributed by atoms with Crippen molar-refractivity contribution in [2.75, 3.05) is 7.11 Å². The van der Waals surface area contributed by atoms with Gasteiger partial charge in [0, 0.05) is 5.92 Å². The molecule has 0 bridgehead atoms. The molecule has 0 saturated heterocycles. The summed E-state index contributed by atoms with van der Waals surface area (Å²) in [4.78, 5) is 21.9. The van der Waals surface area contributed by atoms with Crippen molar-refractivity contribution in [3.63, 3.8) is 0 Å². The second-order valence-corrected chi connectivity index (χ2v) is 2.63. The lowest BCUT2D eigenvalue weighted by Crippen LogP contribution is -2.37. The van der Waals surface area contributed by atoms with Gasteiger partial charge in [0.05, 0.1) is 12.7 Å². The van der Waals surface area contributed by atoms with Crippen molar-refractivity contribution in [1.82, 2.24) is 0 Å². The highest BCUT2D eigenvalue weighted by atomic mass is 16.5. The Morgan fingerprint density at radius 2 is 2.00 bits per heavy atom. The van der Waals surface area contributed by atoms with Crippen LogP contribution in [0.25, 0.3) is 0 Å². The van der Waals surface area contributed by atoms with Crippen molar-refractivity contribution >= 4 is 0 Å². The first-order valence-electron chi connectivity index (χ1n) is 3.63. The molecule has 3 nitrogen and oxygen atoms in total. The first-order valence-corrected chi connectivity index (χ1v) is 3.63. The van der Waals surface area contributed by atoms with E-state index in [0.717, 1.165) is 0 Å². The summed E-state index contributed by atoms with van der Waals surface area (Å²) in [6.07, 6.45) is 1.61. The monoisotopic (exact) mass is 166 g/mol. The van der Waals surface area contributed by atoms with E-state index in [0.29, 0.717) is 5.56 Å². The third-order valence-corrected chi connectivity index (χ3v) is 1.91. The van der Waals surface area contributed by atoms with Gasteiger partial charge < -0.3 is 4.74 Å². The molecule has 64 valence electrons. The van der Waals surface area contributed by atoms with Crippen LogP contribution in [0.3, 0.4) is 0 Å². The molecule has 1 aromatic rings. The van der Waals surface area contributed by atoms with Crippen LogP contribution in [0.2, 0.25) is 0 Å². The van der Waals surface area contributed by atoms with E-state index in [4.69, 9.17) is 4.74 Å². The molecule has 0 fully saturated rings. The van der Waals surface area contributed by atoms with E-state index in [2.05, 4.69) is 6.58 Å². The lowest BCUT2D eigenvalue weighted by Gasteiger charge is -2.12. The van der Waals surface area contributed by atoms with E-state index in [-0.39, 0.29) is 11.7 Å². The molecule has 1 unspecified atom stereocenters. The highest BCUT2D eigenvalue weighted by molar-refractivity contribution is 5.43. The van der Waals surface area contributed by atoms with Crippen molar-refractivity contribution in [3.8, 4) is 5.75 Å². The molecule has 0 aliphatic heterocycles. The van der Waals surface area contributed by atoms with Crippen LogP contribution in [-0.4, -0.2) is 7.11 Å². The Morgan fingerprint density at radius 3 is 2.42 bits per heavy atom. The summed E-state index contributed by atoms with van der Waals surface area (Å²) in [6, 6.07) is 0. The van der Waals surface area contributed by atoms with E-state index in [1.165, 1.54) is 7.11 Å². The minimum Gasteiger partial charge on any atom is -0.492 e.